The van der Waals surface area contributed by atoms with Crippen molar-refractivity contribution in [1.82, 2.24) is 20.1 Å². The van der Waals surface area contributed by atoms with Crippen molar-refractivity contribution in [3.8, 4) is 22.8 Å². The number of benzene rings is 3. The molecule has 1 aliphatic heterocycles. The third kappa shape index (κ3) is 7.43. The van der Waals surface area contributed by atoms with Crippen molar-refractivity contribution in [2.75, 3.05) is 17.8 Å². The number of carbonyl (C=O) groups excluding carboxylic acids is 3. The number of urea groups is 1. The molecule has 0 saturated carbocycles. The molecule has 1 aliphatic rings. The summed E-state index contributed by atoms with van der Waals surface area (Å²) in [6.07, 6.45) is -1.19. The molecule has 1 aromatic heterocycles. The number of allylic oxidation sites excluding steroid dienone is 1. The Kier molecular flexibility index (Phi) is 9.51. The molecular formula is C31H25F3N6O5S. The van der Waals surface area contributed by atoms with Crippen molar-refractivity contribution in [2.45, 2.75) is 18.8 Å². The van der Waals surface area contributed by atoms with Crippen LogP contribution in [0, 0.1) is 0 Å². The molecule has 1 atom stereocenters. The number of aliphatic imine (C=N–C) groups is 1. The monoisotopic (exact) mass is 650 g/mol. The Morgan fingerprint density at radius 2 is 1.83 bits per heavy atom. The summed E-state index contributed by atoms with van der Waals surface area (Å²) in [6.45, 7) is 3.76. The van der Waals surface area contributed by atoms with Crippen LogP contribution in [0.5, 0.6) is 5.75 Å². The number of para-hydroxylation sites is 1. The highest BCUT2D eigenvalue weighted by molar-refractivity contribution is 8.15. The number of methoxy groups -OCH3 is 1. The summed E-state index contributed by atoms with van der Waals surface area (Å²) >= 11 is 1.10. The van der Waals surface area contributed by atoms with Gasteiger partial charge in [0.15, 0.2) is 17.0 Å². The summed E-state index contributed by atoms with van der Waals surface area (Å²) in [7, 11) is 1.18. The minimum absolute atomic E-state index is 0.0952. The van der Waals surface area contributed by atoms with Crippen LogP contribution in [0.25, 0.3) is 17.1 Å². The fraction of sp³-hybridized carbons (Fsp3) is 0.161. The Morgan fingerprint density at radius 3 is 2.50 bits per heavy atom. The van der Waals surface area contributed by atoms with Gasteiger partial charge < -0.3 is 14.8 Å². The predicted molar refractivity (Wildman–Crippen MR) is 164 cm³/mol. The highest BCUT2D eigenvalue weighted by Gasteiger charge is 2.33. The molecule has 0 spiro atoms. The molecule has 3 aromatic carbocycles. The second-order valence-electron chi connectivity index (χ2n) is 9.62. The molecule has 1 unspecified atom stereocenters. The van der Waals surface area contributed by atoms with Gasteiger partial charge in [-0.25, -0.2) is 19.3 Å². The van der Waals surface area contributed by atoms with Gasteiger partial charge in [-0.15, -0.1) is 24.8 Å². The Balaban J connectivity index is 1.32. The van der Waals surface area contributed by atoms with Crippen LogP contribution in [0.15, 0.2) is 96.8 Å². The number of nitrogens with one attached hydrogen (secondary N) is 1. The molecule has 236 valence electrons. The zero-order valence-electron chi connectivity index (χ0n) is 24.1. The number of aromatic nitrogens is 3. The van der Waals surface area contributed by atoms with Crippen molar-refractivity contribution in [3.05, 3.63) is 103 Å². The number of hydrogen-bond acceptors (Lipinski definition) is 8. The number of carbonyl (C=O) groups is 3. The van der Waals surface area contributed by atoms with Crippen LogP contribution in [0.2, 0.25) is 0 Å². The van der Waals surface area contributed by atoms with Crippen LogP contribution < -0.4 is 15.0 Å². The van der Waals surface area contributed by atoms with E-state index in [1.54, 1.807) is 42.5 Å². The van der Waals surface area contributed by atoms with E-state index in [1.165, 1.54) is 35.2 Å². The first kappa shape index (κ1) is 32.0. The number of amides is 3. The predicted octanol–water partition coefficient (Wildman–Crippen LogP) is 5.62. The summed E-state index contributed by atoms with van der Waals surface area (Å²) in [6, 6.07) is 16.7. The molecule has 5 rings (SSSR count). The van der Waals surface area contributed by atoms with E-state index in [0.29, 0.717) is 34.7 Å². The van der Waals surface area contributed by atoms with E-state index in [-0.39, 0.29) is 22.6 Å². The smallest absolute Gasteiger partial charge is 0.467 e. The van der Waals surface area contributed by atoms with Crippen LogP contribution >= 0.6 is 11.8 Å². The maximum atomic E-state index is 13.1. The summed E-state index contributed by atoms with van der Waals surface area (Å²) in [5, 5.41) is 7.09. The van der Waals surface area contributed by atoms with Gasteiger partial charge in [-0.05, 0) is 47.9 Å². The highest BCUT2D eigenvalue weighted by Crippen LogP contribution is 2.30. The van der Waals surface area contributed by atoms with Gasteiger partial charge in [0.2, 0.25) is 5.91 Å². The Morgan fingerprint density at radius 1 is 1.11 bits per heavy atom. The van der Waals surface area contributed by atoms with Gasteiger partial charge in [-0.2, -0.15) is 4.99 Å². The van der Waals surface area contributed by atoms with Crippen molar-refractivity contribution < 1.29 is 37.0 Å². The lowest BCUT2D eigenvalue weighted by Gasteiger charge is -2.20. The lowest BCUT2D eigenvalue weighted by molar-refractivity contribution is -0.274. The van der Waals surface area contributed by atoms with Gasteiger partial charge in [0.25, 0.3) is 0 Å². The van der Waals surface area contributed by atoms with Gasteiger partial charge in [0, 0.05) is 5.56 Å². The van der Waals surface area contributed by atoms with Crippen LogP contribution in [-0.2, 0) is 20.7 Å². The van der Waals surface area contributed by atoms with Gasteiger partial charge in [0.05, 0.1) is 24.2 Å². The number of esters is 1. The van der Waals surface area contributed by atoms with Crippen molar-refractivity contribution in [3.63, 3.8) is 0 Å². The average molecular weight is 651 g/mol. The van der Waals surface area contributed by atoms with Crippen molar-refractivity contribution in [2.24, 2.45) is 4.99 Å². The standard InChI is InChI=1S/C31H25F3N6O5S/c1-3-6-19-7-4-5-8-24(19)40-25(41)17-46-30(40)37-29(43)36-26(28(42)44-2)20-9-11-21(12-10-20)27-35-18-39(38-27)22-13-15-23(16-14-22)45-31(32,33)34/h3-5,7-16,18,26H,1,6,17H2,2H3,(H,36,43). The Hall–Kier alpha value is -5.44. The number of amidine groups is 1. The number of anilines is 1. The summed E-state index contributed by atoms with van der Waals surface area (Å²) in [5.74, 6) is -0.959. The zero-order valence-corrected chi connectivity index (χ0v) is 24.9. The molecule has 2 heterocycles. The molecule has 11 nitrogen and oxygen atoms in total. The maximum Gasteiger partial charge on any atom is 0.573 e. The molecule has 0 aliphatic carbocycles. The number of hydrogen-bond donors (Lipinski definition) is 1. The van der Waals surface area contributed by atoms with E-state index in [9.17, 15) is 27.6 Å². The summed E-state index contributed by atoms with van der Waals surface area (Å²) < 4.78 is 47.5. The maximum absolute atomic E-state index is 13.1. The zero-order chi connectivity index (χ0) is 32.8. The average Bonchev–Trinajstić information content (AvgIpc) is 3.67. The number of halogens is 3. The van der Waals surface area contributed by atoms with E-state index < -0.39 is 24.4 Å². The van der Waals surface area contributed by atoms with Crippen molar-refractivity contribution >= 4 is 40.5 Å². The van der Waals surface area contributed by atoms with E-state index in [4.69, 9.17) is 4.74 Å². The Labute approximate surface area is 264 Å². The number of rotatable bonds is 9. The molecule has 1 fully saturated rings. The molecule has 0 radical (unpaired) electrons. The van der Waals surface area contributed by atoms with Crippen LogP contribution in [0.3, 0.4) is 0 Å². The summed E-state index contributed by atoms with van der Waals surface area (Å²) in [5.41, 5.74) is 2.82. The van der Waals surface area contributed by atoms with Gasteiger partial charge in [0.1, 0.15) is 12.1 Å². The first-order valence-corrected chi connectivity index (χ1v) is 14.5. The van der Waals surface area contributed by atoms with Gasteiger partial charge in [-0.3, -0.25) is 9.69 Å². The molecule has 1 N–H and O–H groups in total. The molecule has 1 saturated heterocycles. The third-order valence-electron chi connectivity index (χ3n) is 6.59. The molecule has 4 aromatic rings. The molecule has 15 heteroatoms. The van der Waals surface area contributed by atoms with Crippen molar-refractivity contribution in [1.29, 1.82) is 0 Å². The quantitative estimate of drug-likeness (QED) is 0.183. The van der Waals surface area contributed by atoms with E-state index in [1.807, 2.05) is 12.1 Å². The fourth-order valence-corrected chi connectivity index (χ4v) is 5.38. The second-order valence-corrected chi connectivity index (χ2v) is 10.6. The third-order valence-corrected chi connectivity index (χ3v) is 7.52. The molecule has 3 amide bonds. The summed E-state index contributed by atoms with van der Waals surface area (Å²) in [4.78, 5) is 48.2. The number of ether oxygens (including phenoxy) is 2. The minimum atomic E-state index is -4.80. The molecule has 0 bridgehead atoms. The second kappa shape index (κ2) is 13.7. The van der Waals surface area contributed by atoms with E-state index in [0.717, 1.165) is 29.5 Å². The van der Waals surface area contributed by atoms with E-state index in [2.05, 4.69) is 31.7 Å². The van der Waals surface area contributed by atoms with Gasteiger partial charge >= 0.3 is 18.4 Å². The van der Waals surface area contributed by atoms with Gasteiger partial charge in [-0.1, -0.05) is 60.3 Å². The van der Waals surface area contributed by atoms with Crippen LogP contribution in [-0.4, -0.2) is 57.1 Å². The first-order chi connectivity index (χ1) is 22.1. The number of thioether (sulfide) groups is 1. The number of nitrogens with zero attached hydrogens (tertiary/aromatic N) is 5. The lowest BCUT2D eigenvalue weighted by Crippen LogP contribution is -2.35. The Bertz CT molecular complexity index is 1790. The first-order valence-electron chi connectivity index (χ1n) is 13.6. The normalized spacial score (nSPS) is 14.7. The lowest BCUT2D eigenvalue weighted by atomic mass is 10.0. The van der Waals surface area contributed by atoms with E-state index >= 15 is 0 Å². The molecule has 46 heavy (non-hydrogen) atoms. The van der Waals surface area contributed by atoms with Crippen LogP contribution in [0.4, 0.5) is 23.7 Å². The minimum Gasteiger partial charge on any atom is -0.467 e. The highest BCUT2D eigenvalue weighted by atomic mass is 32.2. The largest absolute Gasteiger partial charge is 0.573 e. The number of alkyl halides is 3. The molecular weight excluding hydrogens is 625 g/mol. The SMILES string of the molecule is C=CCc1ccccc1N1C(=O)CSC1=NC(=O)NC(C(=O)OC)c1ccc(-c2ncn(-c3ccc(OC(F)(F)F)cc3)n2)cc1. The fourth-order valence-electron chi connectivity index (χ4n) is 4.52. The van der Waals surface area contributed by atoms with Crippen LogP contribution in [0.1, 0.15) is 17.2 Å². The topological polar surface area (TPSA) is 128 Å².